The lowest BCUT2D eigenvalue weighted by Gasteiger charge is -2.28. The van der Waals surface area contributed by atoms with Crippen molar-refractivity contribution in [1.82, 2.24) is 4.90 Å². The smallest absolute Gasteiger partial charge is 0.120 e. The van der Waals surface area contributed by atoms with E-state index < -0.39 is 0 Å². The van der Waals surface area contributed by atoms with E-state index in [9.17, 15) is 5.11 Å². The van der Waals surface area contributed by atoms with Crippen LogP contribution in [-0.2, 0) is 0 Å². The highest BCUT2D eigenvalue weighted by Gasteiger charge is 2.21. The number of aromatic hydroxyl groups is 1. The predicted octanol–water partition coefficient (Wildman–Crippen LogP) is 3.58. The van der Waals surface area contributed by atoms with Gasteiger partial charge in [0.1, 0.15) is 5.75 Å². The second kappa shape index (κ2) is 5.54. The molecule has 1 aliphatic carbocycles. The van der Waals surface area contributed by atoms with E-state index in [-0.39, 0.29) is 6.04 Å². The van der Waals surface area contributed by atoms with Gasteiger partial charge in [0.2, 0.25) is 0 Å². The Labute approximate surface area is 104 Å². The zero-order valence-corrected chi connectivity index (χ0v) is 10.9. The molecule has 1 N–H and O–H groups in total. The molecule has 0 aromatic heterocycles. The Morgan fingerprint density at radius 2 is 1.94 bits per heavy atom. The summed E-state index contributed by atoms with van der Waals surface area (Å²) in [6.07, 6.45) is 5.53. The molecule has 1 aromatic carbocycles. The molecule has 0 amide bonds. The zero-order chi connectivity index (χ0) is 12.3. The highest BCUT2D eigenvalue weighted by atomic mass is 16.3. The molecule has 2 rings (SSSR count). The number of para-hydroxylation sites is 1. The molecule has 0 spiro atoms. The molecular weight excluding hydrogens is 210 g/mol. The number of hydrogen-bond acceptors (Lipinski definition) is 2. The number of nitrogens with zero attached hydrogens (tertiary/aromatic N) is 1. The first-order valence-corrected chi connectivity index (χ1v) is 6.66. The van der Waals surface area contributed by atoms with E-state index >= 15 is 0 Å². The molecule has 94 valence electrons. The topological polar surface area (TPSA) is 23.5 Å². The van der Waals surface area contributed by atoms with E-state index in [0.717, 1.165) is 18.0 Å². The minimum Gasteiger partial charge on any atom is -0.508 e. The first-order valence-electron chi connectivity index (χ1n) is 6.66. The molecule has 2 nitrogen and oxygen atoms in total. The maximum atomic E-state index is 9.86. The van der Waals surface area contributed by atoms with Crippen LogP contribution in [0.15, 0.2) is 24.3 Å². The minimum atomic E-state index is 0.289. The van der Waals surface area contributed by atoms with Gasteiger partial charge in [0.25, 0.3) is 0 Å². The molecule has 0 aliphatic heterocycles. The van der Waals surface area contributed by atoms with Crippen molar-refractivity contribution < 1.29 is 5.11 Å². The van der Waals surface area contributed by atoms with E-state index in [0.29, 0.717) is 5.75 Å². The average molecular weight is 233 g/mol. The summed E-state index contributed by atoms with van der Waals surface area (Å²) in [5.41, 5.74) is 1.04. The highest BCUT2D eigenvalue weighted by molar-refractivity contribution is 5.34. The van der Waals surface area contributed by atoms with Crippen LogP contribution in [0.1, 0.15) is 44.2 Å². The quantitative estimate of drug-likeness (QED) is 0.859. The van der Waals surface area contributed by atoms with Crippen molar-refractivity contribution in [2.24, 2.45) is 5.92 Å². The molecule has 0 heterocycles. The summed E-state index contributed by atoms with van der Waals surface area (Å²) in [5.74, 6) is 1.27. The van der Waals surface area contributed by atoms with Gasteiger partial charge in [0, 0.05) is 18.2 Å². The molecule has 0 radical (unpaired) electrons. The van der Waals surface area contributed by atoms with Crippen LogP contribution in [-0.4, -0.2) is 23.6 Å². The maximum absolute atomic E-state index is 9.86. The lowest BCUT2D eigenvalue weighted by atomic mass is 10.0. The summed E-state index contributed by atoms with van der Waals surface area (Å²) in [6.45, 7) is 3.32. The number of phenols is 1. The largest absolute Gasteiger partial charge is 0.508 e. The molecular formula is C15H23NO. The van der Waals surface area contributed by atoms with Crippen LogP contribution in [0.2, 0.25) is 0 Å². The van der Waals surface area contributed by atoms with Crippen molar-refractivity contribution in [2.45, 2.75) is 38.6 Å². The Kier molecular flexibility index (Phi) is 4.06. The Morgan fingerprint density at radius 1 is 1.29 bits per heavy atom. The van der Waals surface area contributed by atoms with Crippen LogP contribution < -0.4 is 0 Å². The fourth-order valence-corrected chi connectivity index (χ4v) is 2.84. The third-order valence-corrected chi connectivity index (χ3v) is 4.07. The first kappa shape index (κ1) is 12.4. The number of hydrogen-bond donors (Lipinski definition) is 1. The van der Waals surface area contributed by atoms with Gasteiger partial charge < -0.3 is 5.11 Å². The van der Waals surface area contributed by atoms with Gasteiger partial charge in [-0.3, -0.25) is 4.90 Å². The molecule has 0 bridgehead atoms. The van der Waals surface area contributed by atoms with Crippen LogP contribution in [0.25, 0.3) is 0 Å². The lowest BCUT2D eigenvalue weighted by molar-refractivity contribution is 0.218. The van der Waals surface area contributed by atoms with Crippen molar-refractivity contribution in [3.63, 3.8) is 0 Å². The molecule has 1 atom stereocenters. The molecule has 1 fully saturated rings. The van der Waals surface area contributed by atoms with Crippen LogP contribution >= 0.6 is 0 Å². The number of phenolic OH excluding ortho intramolecular Hbond substituents is 1. The van der Waals surface area contributed by atoms with E-state index in [1.54, 1.807) is 6.07 Å². The average Bonchev–Trinajstić information content (AvgIpc) is 2.81. The van der Waals surface area contributed by atoms with E-state index in [2.05, 4.69) is 18.9 Å². The molecule has 1 unspecified atom stereocenters. The second-order valence-corrected chi connectivity index (χ2v) is 5.32. The highest BCUT2D eigenvalue weighted by Crippen LogP contribution is 2.30. The summed E-state index contributed by atoms with van der Waals surface area (Å²) in [7, 11) is 2.16. The minimum absolute atomic E-state index is 0.289. The second-order valence-electron chi connectivity index (χ2n) is 5.32. The fourth-order valence-electron chi connectivity index (χ4n) is 2.84. The van der Waals surface area contributed by atoms with Gasteiger partial charge in [-0.25, -0.2) is 0 Å². The Morgan fingerprint density at radius 3 is 2.59 bits per heavy atom. The van der Waals surface area contributed by atoms with Gasteiger partial charge in [-0.05, 0) is 38.8 Å². The summed E-state index contributed by atoms with van der Waals surface area (Å²) < 4.78 is 0. The summed E-state index contributed by atoms with van der Waals surface area (Å²) in [4.78, 5) is 2.37. The number of rotatable bonds is 4. The molecule has 17 heavy (non-hydrogen) atoms. The monoisotopic (exact) mass is 233 g/mol. The maximum Gasteiger partial charge on any atom is 0.120 e. The van der Waals surface area contributed by atoms with Gasteiger partial charge >= 0.3 is 0 Å². The van der Waals surface area contributed by atoms with Gasteiger partial charge in [-0.2, -0.15) is 0 Å². The lowest BCUT2D eigenvalue weighted by Crippen LogP contribution is -2.27. The fraction of sp³-hybridized carbons (Fsp3) is 0.600. The van der Waals surface area contributed by atoms with Gasteiger partial charge in [0.15, 0.2) is 0 Å². The van der Waals surface area contributed by atoms with Gasteiger partial charge in [-0.15, -0.1) is 0 Å². The van der Waals surface area contributed by atoms with Crippen molar-refractivity contribution in [1.29, 1.82) is 0 Å². The van der Waals surface area contributed by atoms with Crippen molar-refractivity contribution in [3.05, 3.63) is 29.8 Å². The third kappa shape index (κ3) is 3.01. The van der Waals surface area contributed by atoms with Crippen LogP contribution in [0.3, 0.4) is 0 Å². The summed E-state index contributed by atoms with van der Waals surface area (Å²) in [6, 6.07) is 7.95. The van der Waals surface area contributed by atoms with Crippen molar-refractivity contribution in [3.8, 4) is 5.75 Å². The summed E-state index contributed by atoms with van der Waals surface area (Å²) in [5, 5.41) is 9.86. The Balaban J connectivity index is 1.98. The third-order valence-electron chi connectivity index (χ3n) is 4.07. The predicted molar refractivity (Wildman–Crippen MR) is 71.1 cm³/mol. The number of benzene rings is 1. The molecule has 1 aromatic rings. The zero-order valence-electron chi connectivity index (χ0n) is 10.9. The summed E-state index contributed by atoms with van der Waals surface area (Å²) >= 11 is 0. The van der Waals surface area contributed by atoms with E-state index in [1.165, 1.54) is 25.7 Å². The molecule has 0 saturated heterocycles. The van der Waals surface area contributed by atoms with E-state index in [4.69, 9.17) is 0 Å². The van der Waals surface area contributed by atoms with Crippen LogP contribution in [0, 0.1) is 5.92 Å². The van der Waals surface area contributed by atoms with Gasteiger partial charge in [-0.1, -0.05) is 31.0 Å². The van der Waals surface area contributed by atoms with Crippen LogP contribution in [0.4, 0.5) is 0 Å². The Hall–Kier alpha value is -1.02. The Bertz CT molecular complexity index is 358. The normalized spacial score (nSPS) is 18.8. The van der Waals surface area contributed by atoms with Gasteiger partial charge in [0.05, 0.1) is 0 Å². The molecule has 1 aliphatic rings. The molecule has 1 saturated carbocycles. The van der Waals surface area contributed by atoms with Crippen molar-refractivity contribution in [2.75, 3.05) is 13.6 Å². The van der Waals surface area contributed by atoms with Crippen molar-refractivity contribution >= 4 is 0 Å². The standard InChI is InChI=1S/C15H23NO/c1-12(14-9-5-6-10-15(14)17)16(2)11-13-7-3-4-8-13/h5-6,9-10,12-13,17H,3-4,7-8,11H2,1-2H3. The molecule has 2 heteroatoms. The van der Waals surface area contributed by atoms with Crippen LogP contribution in [0.5, 0.6) is 5.75 Å². The first-order chi connectivity index (χ1) is 8.18. The van der Waals surface area contributed by atoms with E-state index in [1.807, 2.05) is 18.2 Å². The SMILES string of the molecule is CC(c1ccccc1O)N(C)CC1CCCC1.